The summed E-state index contributed by atoms with van der Waals surface area (Å²) in [6.45, 7) is 0. The van der Waals surface area contributed by atoms with E-state index in [0.29, 0.717) is 5.65 Å². The molecule has 0 saturated carbocycles. The van der Waals surface area contributed by atoms with Crippen LogP contribution in [0, 0.1) is 0 Å². The van der Waals surface area contributed by atoms with Gasteiger partial charge in [0, 0.05) is 6.07 Å². The van der Waals surface area contributed by atoms with Crippen molar-refractivity contribution in [2.24, 2.45) is 0 Å². The Morgan fingerprint density at radius 1 is 1.05 bits per heavy atom. The molecule has 0 radical (unpaired) electrons. The molecule has 1 aromatic carbocycles. The van der Waals surface area contributed by atoms with Crippen molar-refractivity contribution < 1.29 is 18.2 Å². The number of aromatic amines is 1. The highest BCUT2D eigenvalue weighted by molar-refractivity contribution is 5.62. The second kappa shape index (κ2) is 4.73. The van der Waals surface area contributed by atoms with Gasteiger partial charge in [0.25, 0.3) is 5.65 Å². The summed E-state index contributed by atoms with van der Waals surface area (Å²) >= 11 is 0. The van der Waals surface area contributed by atoms with Gasteiger partial charge in [-0.2, -0.15) is 17.6 Å². The summed E-state index contributed by atoms with van der Waals surface area (Å²) in [5, 5.41) is 0. The van der Waals surface area contributed by atoms with Crippen LogP contribution < -0.4 is 10.5 Å². The normalized spacial score (nSPS) is 11.8. The van der Waals surface area contributed by atoms with Crippen LogP contribution in [-0.2, 0) is 6.18 Å². The van der Waals surface area contributed by atoms with E-state index in [4.69, 9.17) is 0 Å². The van der Waals surface area contributed by atoms with Crippen molar-refractivity contribution in [1.82, 2.24) is 4.40 Å². The number of alkyl halides is 3. The van der Waals surface area contributed by atoms with Crippen LogP contribution in [0.15, 0.2) is 59.7 Å². The molecule has 0 aliphatic rings. The molecular formula is C15H10F3N2O+. The zero-order chi connectivity index (χ0) is 15.0. The van der Waals surface area contributed by atoms with Crippen molar-refractivity contribution >= 4 is 5.65 Å². The molecule has 0 saturated heterocycles. The molecule has 2 heterocycles. The van der Waals surface area contributed by atoms with E-state index < -0.39 is 11.7 Å². The minimum absolute atomic E-state index is 0.185. The molecule has 0 aliphatic heterocycles. The van der Waals surface area contributed by atoms with Gasteiger partial charge in [-0.1, -0.05) is 18.2 Å². The van der Waals surface area contributed by atoms with Crippen LogP contribution in [0.25, 0.3) is 16.8 Å². The van der Waals surface area contributed by atoms with Crippen molar-refractivity contribution in [3.8, 4) is 11.1 Å². The third-order valence-corrected chi connectivity index (χ3v) is 3.17. The molecule has 0 fully saturated rings. The molecule has 1 N–H and O–H groups in total. The van der Waals surface area contributed by atoms with E-state index in [9.17, 15) is 18.0 Å². The predicted octanol–water partition coefficient (Wildman–Crippen LogP) is 2.80. The van der Waals surface area contributed by atoms with Gasteiger partial charge < -0.3 is 0 Å². The van der Waals surface area contributed by atoms with Crippen molar-refractivity contribution in [2.45, 2.75) is 6.18 Å². The number of rotatable bonds is 1. The average molecular weight is 291 g/mol. The first-order valence-electron chi connectivity index (χ1n) is 6.16. The van der Waals surface area contributed by atoms with Gasteiger partial charge in [-0.25, -0.2) is 9.78 Å². The zero-order valence-electron chi connectivity index (χ0n) is 10.7. The van der Waals surface area contributed by atoms with Gasteiger partial charge in [-0.3, -0.25) is 0 Å². The van der Waals surface area contributed by atoms with Crippen molar-refractivity contribution in [2.75, 3.05) is 0 Å². The Labute approximate surface area is 117 Å². The lowest BCUT2D eigenvalue weighted by atomic mass is 10.1. The number of pyridine rings is 1. The molecule has 0 bridgehead atoms. The molecule has 0 spiro atoms. The third-order valence-electron chi connectivity index (χ3n) is 3.17. The molecule has 0 atom stereocenters. The number of H-pyrrole nitrogens is 1. The highest BCUT2D eigenvalue weighted by Gasteiger charge is 2.30. The first-order chi connectivity index (χ1) is 9.97. The van der Waals surface area contributed by atoms with Crippen LogP contribution in [0.2, 0.25) is 0 Å². The van der Waals surface area contributed by atoms with E-state index in [0.717, 1.165) is 12.1 Å². The summed E-state index contributed by atoms with van der Waals surface area (Å²) in [5.74, 6) is 0. The number of nitrogens with zero attached hydrogens (tertiary/aromatic N) is 1. The van der Waals surface area contributed by atoms with Gasteiger partial charge in [0.2, 0.25) is 0 Å². The van der Waals surface area contributed by atoms with Crippen LogP contribution in [-0.4, -0.2) is 4.40 Å². The standard InChI is InChI=1S/C15H9F3N2O/c16-15(17,18)11-5-3-4-10(8-11)12-9-19-13-6-1-2-7-20(13)14(12)21/h1-9H/p+1. The Bertz CT molecular complexity index is 868. The number of hydrogen-bond acceptors (Lipinski definition) is 1. The second-order valence-corrected chi connectivity index (χ2v) is 4.54. The molecular weight excluding hydrogens is 281 g/mol. The Kier molecular flexibility index (Phi) is 3.01. The minimum Gasteiger partial charge on any atom is -0.246 e. The van der Waals surface area contributed by atoms with E-state index >= 15 is 0 Å². The van der Waals surface area contributed by atoms with Crippen molar-refractivity contribution in [3.05, 3.63) is 70.8 Å². The maximum absolute atomic E-state index is 12.7. The van der Waals surface area contributed by atoms with E-state index in [-0.39, 0.29) is 16.7 Å². The largest absolute Gasteiger partial charge is 0.416 e. The summed E-state index contributed by atoms with van der Waals surface area (Å²) in [6, 6.07) is 9.86. The number of hydrogen-bond donors (Lipinski definition) is 0. The van der Waals surface area contributed by atoms with Gasteiger partial charge in [0.05, 0.1) is 11.8 Å². The Morgan fingerprint density at radius 3 is 2.62 bits per heavy atom. The van der Waals surface area contributed by atoms with Gasteiger partial charge in [-0.05, 0) is 23.8 Å². The van der Waals surface area contributed by atoms with E-state index in [1.54, 1.807) is 24.4 Å². The first-order valence-corrected chi connectivity index (χ1v) is 6.16. The molecule has 6 heteroatoms. The highest BCUT2D eigenvalue weighted by Crippen LogP contribution is 2.31. The number of aromatic nitrogens is 2. The lowest BCUT2D eigenvalue weighted by molar-refractivity contribution is -0.349. The Hall–Kier alpha value is -2.63. The zero-order valence-corrected chi connectivity index (χ0v) is 10.7. The molecule has 3 rings (SSSR count). The molecule has 0 unspecified atom stereocenters. The number of halogens is 3. The molecule has 3 aromatic rings. The van der Waals surface area contributed by atoms with Crippen LogP contribution in [0.1, 0.15) is 5.56 Å². The van der Waals surface area contributed by atoms with Crippen LogP contribution in [0.3, 0.4) is 0 Å². The van der Waals surface area contributed by atoms with Crippen molar-refractivity contribution in [1.29, 1.82) is 0 Å². The molecule has 0 aliphatic carbocycles. The summed E-state index contributed by atoms with van der Waals surface area (Å²) in [7, 11) is 0. The van der Waals surface area contributed by atoms with Gasteiger partial charge >= 0.3 is 11.7 Å². The number of nitrogens with one attached hydrogen (secondary N) is 1. The third kappa shape index (κ3) is 2.40. The Morgan fingerprint density at radius 2 is 1.86 bits per heavy atom. The second-order valence-electron chi connectivity index (χ2n) is 4.54. The smallest absolute Gasteiger partial charge is 0.246 e. The van der Waals surface area contributed by atoms with Gasteiger partial charge in [-0.15, -0.1) is 0 Å². The lowest BCUT2D eigenvalue weighted by Gasteiger charge is -2.07. The average Bonchev–Trinajstić information content (AvgIpc) is 2.47. The molecule has 3 nitrogen and oxygen atoms in total. The molecule has 106 valence electrons. The van der Waals surface area contributed by atoms with E-state index in [1.165, 1.54) is 22.7 Å². The fraction of sp³-hybridized carbons (Fsp3) is 0.0667. The predicted molar refractivity (Wildman–Crippen MR) is 70.7 cm³/mol. The molecule has 0 amide bonds. The number of benzene rings is 1. The minimum atomic E-state index is -4.44. The summed E-state index contributed by atoms with van der Waals surface area (Å²) in [6.07, 6.45) is -1.45. The first kappa shape index (κ1) is 13.4. The number of fused-ring (bicyclic) bond motifs is 1. The van der Waals surface area contributed by atoms with Gasteiger partial charge in [0.15, 0.2) is 0 Å². The Balaban J connectivity index is 2.22. The summed E-state index contributed by atoms with van der Waals surface area (Å²) in [5.41, 5.74) is -0.173. The molecule has 2 aromatic heterocycles. The molecule has 21 heavy (non-hydrogen) atoms. The highest BCUT2D eigenvalue weighted by atomic mass is 19.4. The van der Waals surface area contributed by atoms with Crippen molar-refractivity contribution in [3.63, 3.8) is 0 Å². The topological polar surface area (TPSA) is 35.6 Å². The maximum atomic E-state index is 12.7. The summed E-state index contributed by atoms with van der Waals surface area (Å²) in [4.78, 5) is 15.3. The quantitative estimate of drug-likeness (QED) is 0.679. The fourth-order valence-corrected chi connectivity index (χ4v) is 2.15. The summed E-state index contributed by atoms with van der Waals surface area (Å²) < 4.78 is 39.6. The maximum Gasteiger partial charge on any atom is 0.416 e. The van der Waals surface area contributed by atoms with E-state index in [1.807, 2.05) is 0 Å². The van der Waals surface area contributed by atoms with Crippen LogP contribution in [0.4, 0.5) is 13.2 Å². The monoisotopic (exact) mass is 291 g/mol. The van der Waals surface area contributed by atoms with E-state index in [2.05, 4.69) is 4.98 Å². The fourth-order valence-electron chi connectivity index (χ4n) is 2.15. The SMILES string of the molecule is O=c1c(-c2cccc(C(F)(F)F)c2)c[nH+]c2ccccn12. The van der Waals surface area contributed by atoms with Crippen LogP contribution in [0.5, 0.6) is 0 Å². The van der Waals surface area contributed by atoms with Gasteiger partial charge in [0.1, 0.15) is 11.8 Å². The lowest BCUT2D eigenvalue weighted by Crippen LogP contribution is -2.23. The van der Waals surface area contributed by atoms with Crippen LogP contribution >= 0.6 is 0 Å².